The molecule has 0 bridgehead atoms. The number of hydrogen-bond acceptors (Lipinski definition) is 12. The molecule has 0 saturated carbocycles. The van der Waals surface area contributed by atoms with Crippen molar-refractivity contribution < 1.29 is 45.6 Å². The fourth-order valence-corrected chi connectivity index (χ4v) is 6.86. The van der Waals surface area contributed by atoms with E-state index in [1.165, 1.54) is 0 Å². The maximum absolute atomic E-state index is 11.6. The molecule has 0 fully saturated rings. The topological polar surface area (TPSA) is 158 Å². The van der Waals surface area contributed by atoms with Gasteiger partial charge in [-0.2, -0.15) is 0 Å². The molecule has 2 aliphatic rings. The molecule has 0 aromatic rings. The molecule has 0 saturated heterocycles. The van der Waals surface area contributed by atoms with Gasteiger partial charge in [-0.3, -0.25) is 0 Å². The van der Waals surface area contributed by atoms with Crippen LogP contribution in [0.1, 0.15) is 0 Å². The first-order chi connectivity index (χ1) is 12.3. The van der Waals surface area contributed by atoms with Gasteiger partial charge < -0.3 is 0 Å². The number of rotatable bonds is 4. The summed E-state index contributed by atoms with van der Waals surface area (Å²) in [5.41, 5.74) is 0. The van der Waals surface area contributed by atoms with Crippen LogP contribution in [0.5, 0.6) is 0 Å². The standard InChI is InChI=1S/3C4H4O4.2Bi/c3*5-3(6)1-2-4(7)8;;/h3*1-2H,(H,5,6)(H,7,8);;/q;;;2*+3/p-6/b2-1-;;;;. The van der Waals surface area contributed by atoms with Crippen molar-refractivity contribution in [1.82, 2.24) is 0 Å². The van der Waals surface area contributed by atoms with Crippen molar-refractivity contribution in [2.45, 2.75) is 0 Å². The third kappa shape index (κ3) is 6.97. The zero-order valence-corrected chi connectivity index (χ0v) is 19.2. The summed E-state index contributed by atoms with van der Waals surface area (Å²) in [6.45, 7) is 0. The normalized spacial score (nSPS) is 18.3. The van der Waals surface area contributed by atoms with Crippen molar-refractivity contribution in [2.24, 2.45) is 0 Å². The second-order valence-electron chi connectivity index (χ2n) is 3.91. The molecule has 0 radical (unpaired) electrons. The third-order valence-electron chi connectivity index (χ3n) is 2.05. The second-order valence-corrected chi connectivity index (χ2v) is 11.6. The molecule has 0 N–H and O–H groups in total. The van der Waals surface area contributed by atoms with Crippen LogP contribution in [0.25, 0.3) is 0 Å². The minimum atomic E-state index is -4.11. The Kier molecular flexibility index (Phi) is 7.34. The molecule has 136 valence electrons. The summed E-state index contributed by atoms with van der Waals surface area (Å²) in [6.07, 6.45) is 4.49. The number of hydrogen-bond donors (Lipinski definition) is 0. The van der Waals surface area contributed by atoms with E-state index in [9.17, 15) is 28.8 Å². The Morgan fingerprint density at radius 3 is 1.19 bits per heavy atom. The Morgan fingerprint density at radius 2 is 0.923 bits per heavy atom. The Labute approximate surface area is 163 Å². The molecule has 0 unspecified atom stereocenters. The van der Waals surface area contributed by atoms with Gasteiger partial charge in [0.05, 0.1) is 0 Å². The minimum absolute atomic E-state index is 0.612. The molecule has 26 heavy (non-hydrogen) atoms. The van der Waals surface area contributed by atoms with E-state index in [0.717, 1.165) is 24.3 Å². The van der Waals surface area contributed by atoms with Crippen LogP contribution in [0.3, 0.4) is 0 Å². The van der Waals surface area contributed by atoms with Gasteiger partial charge in [-0.1, -0.05) is 0 Å². The monoisotopic (exact) mass is 760 g/mol. The van der Waals surface area contributed by atoms with E-state index in [-0.39, 0.29) is 0 Å². The van der Waals surface area contributed by atoms with Crippen LogP contribution in [0.15, 0.2) is 36.5 Å². The summed E-state index contributed by atoms with van der Waals surface area (Å²) in [4.78, 5) is 67.7. The SMILES string of the molecule is O=C1C=CC(=O)[O][Bi]([O]C(=O)/C=C\C(=O)[O][Bi]2[O]C(=O)C=CC(=O)[O]2)[O]1. The average Bonchev–Trinajstić information content (AvgIpc) is 2.81. The van der Waals surface area contributed by atoms with Gasteiger partial charge in [0.15, 0.2) is 0 Å². The van der Waals surface area contributed by atoms with E-state index >= 15 is 0 Å². The maximum atomic E-state index is 11.6. The number of carbonyl (C=O) groups excluding carboxylic acids is 6. The Balaban J connectivity index is 1.84. The van der Waals surface area contributed by atoms with Gasteiger partial charge in [-0.05, 0) is 0 Å². The molecule has 0 amide bonds. The summed E-state index contributed by atoms with van der Waals surface area (Å²) in [5, 5.41) is 0. The van der Waals surface area contributed by atoms with Gasteiger partial charge >= 0.3 is 164 Å². The van der Waals surface area contributed by atoms with Crippen molar-refractivity contribution in [2.75, 3.05) is 0 Å². The molecule has 2 rings (SSSR count). The predicted octanol–water partition coefficient (Wildman–Crippen LogP) is -2.09. The first-order valence-electron chi connectivity index (χ1n) is 6.28. The van der Waals surface area contributed by atoms with Crippen molar-refractivity contribution in [1.29, 1.82) is 0 Å². The van der Waals surface area contributed by atoms with Crippen LogP contribution in [0.2, 0.25) is 0 Å². The first-order valence-corrected chi connectivity index (χ1v) is 14.8. The molecule has 0 atom stereocenters. The average molecular weight is 760 g/mol. The van der Waals surface area contributed by atoms with Gasteiger partial charge in [0.1, 0.15) is 0 Å². The van der Waals surface area contributed by atoms with Gasteiger partial charge in [0.25, 0.3) is 0 Å². The summed E-state index contributed by atoms with van der Waals surface area (Å²) in [7, 11) is 0. The molecule has 12 nitrogen and oxygen atoms in total. The molecule has 2 heterocycles. The van der Waals surface area contributed by atoms with Crippen LogP contribution in [0, 0.1) is 0 Å². The van der Waals surface area contributed by atoms with Gasteiger partial charge in [-0.15, -0.1) is 0 Å². The van der Waals surface area contributed by atoms with Crippen molar-refractivity contribution >= 4 is 82.0 Å². The quantitative estimate of drug-likeness (QED) is 0.228. The van der Waals surface area contributed by atoms with E-state index in [4.69, 9.17) is 0 Å². The van der Waals surface area contributed by atoms with Crippen LogP contribution in [-0.4, -0.2) is 82.0 Å². The molecule has 0 aromatic heterocycles. The Bertz CT molecular complexity index is 649. The Morgan fingerprint density at radius 1 is 0.654 bits per heavy atom. The zero-order chi connectivity index (χ0) is 19.1. The van der Waals surface area contributed by atoms with E-state index in [1.807, 2.05) is 0 Å². The van der Waals surface area contributed by atoms with Gasteiger partial charge in [0.2, 0.25) is 0 Å². The van der Waals surface area contributed by atoms with Crippen molar-refractivity contribution in [3.8, 4) is 0 Å². The molecular weight excluding hydrogens is 754 g/mol. The molecule has 14 heteroatoms. The van der Waals surface area contributed by atoms with Gasteiger partial charge in [-0.25, -0.2) is 0 Å². The van der Waals surface area contributed by atoms with E-state index < -0.39 is 82.0 Å². The molecular formula is C12H6Bi2O12. The molecule has 0 aliphatic carbocycles. The number of carbonyl (C=O) groups is 6. The van der Waals surface area contributed by atoms with E-state index in [0.29, 0.717) is 12.2 Å². The fraction of sp³-hybridized carbons (Fsp3) is 0. The van der Waals surface area contributed by atoms with E-state index in [1.54, 1.807) is 0 Å². The fourth-order valence-electron chi connectivity index (χ4n) is 1.14. The Hall–Kier alpha value is -2.19. The molecule has 0 spiro atoms. The summed E-state index contributed by atoms with van der Waals surface area (Å²) in [5.74, 6) is -5.86. The van der Waals surface area contributed by atoms with Gasteiger partial charge in [0, 0.05) is 0 Å². The summed E-state index contributed by atoms with van der Waals surface area (Å²) >= 11 is -8.21. The van der Waals surface area contributed by atoms with Crippen LogP contribution < -0.4 is 0 Å². The first kappa shape index (κ1) is 20.1. The summed E-state index contributed by atoms with van der Waals surface area (Å²) < 4.78 is 28.0. The van der Waals surface area contributed by atoms with Crippen LogP contribution >= 0.6 is 0 Å². The second kappa shape index (κ2) is 9.49. The van der Waals surface area contributed by atoms with Crippen molar-refractivity contribution in [3.05, 3.63) is 36.5 Å². The van der Waals surface area contributed by atoms with E-state index in [2.05, 4.69) is 16.9 Å². The zero-order valence-electron chi connectivity index (χ0n) is 12.3. The molecule has 2 aliphatic heterocycles. The van der Waals surface area contributed by atoms with Crippen molar-refractivity contribution in [3.63, 3.8) is 0 Å². The third-order valence-corrected chi connectivity index (χ3v) is 9.73. The van der Waals surface area contributed by atoms with Crippen LogP contribution in [0.4, 0.5) is 0 Å². The molecule has 0 aromatic carbocycles. The van der Waals surface area contributed by atoms with Crippen LogP contribution in [-0.2, 0) is 45.6 Å². The predicted molar refractivity (Wildman–Crippen MR) is 75.5 cm³/mol. The summed E-state index contributed by atoms with van der Waals surface area (Å²) in [6, 6.07) is 0.